The highest BCUT2D eigenvalue weighted by Crippen LogP contribution is 2.26. The molecule has 2 aliphatic heterocycles. The molecule has 2 unspecified atom stereocenters. The number of halogens is 1. The summed E-state index contributed by atoms with van der Waals surface area (Å²) in [6.45, 7) is 7.30. The molecule has 2 heterocycles. The Morgan fingerprint density at radius 2 is 1.95 bits per heavy atom. The Labute approximate surface area is 131 Å². The average molecular weight is 337 g/mol. The predicted octanol–water partition coefficient (Wildman–Crippen LogP) is 3.90. The van der Waals surface area contributed by atoms with Gasteiger partial charge in [0.05, 0.1) is 0 Å². The molecule has 0 spiro atoms. The fourth-order valence-corrected chi connectivity index (χ4v) is 3.98. The number of piperidine rings is 1. The molecule has 0 bridgehead atoms. The highest BCUT2D eigenvalue weighted by molar-refractivity contribution is 9.10. The fraction of sp³-hybridized carbons (Fsp3) is 0.647. The molecule has 2 atom stereocenters. The zero-order valence-electron chi connectivity index (χ0n) is 12.4. The highest BCUT2D eigenvalue weighted by Gasteiger charge is 2.33. The van der Waals surface area contributed by atoms with Crippen LogP contribution >= 0.6 is 15.9 Å². The van der Waals surface area contributed by atoms with Crippen molar-refractivity contribution in [3.63, 3.8) is 0 Å². The van der Waals surface area contributed by atoms with E-state index in [4.69, 9.17) is 0 Å². The van der Waals surface area contributed by atoms with Gasteiger partial charge < -0.3 is 0 Å². The van der Waals surface area contributed by atoms with Gasteiger partial charge in [-0.15, -0.1) is 0 Å². The van der Waals surface area contributed by atoms with Crippen molar-refractivity contribution >= 4 is 15.9 Å². The Kier molecular flexibility index (Phi) is 4.79. The van der Waals surface area contributed by atoms with E-state index in [-0.39, 0.29) is 0 Å². The van der Waals surface area contributed by atoms with Crippen LogP contribution in [-0.2, 0) is 6.54 Å². The Morgan fingerprint density at radius 3 is 2.70 bits per heavy atom. The van der Waals surface area contributed by atoms with Crippen molar-refractivity contribution in [1.29, 1.82) is 0 Å². The molecule has 2 saturated heterocycles. The van der Waals surface area contributed by atoms with E-state index in [1.54, 1.807) is 0 Å². The van der Waals surface area contributed by atoms with Crippen LogP contribution in [0.2, 0.25) is 0 Å². The van der Waals surface area contributed by atoms with Gasteiger partial charge in [0.25, 0.3) is 0 Å². The van der Waals surface area contributed by atoms with Crippen LogP contribution in [0, 0.1) is 0 Å². The summed E-state index contributed by atoms with van der Waals surface area (Å²) in [4.78, 5) is 5.46. The van der Waals surface area contributed by atoms with E-state index in [0.717, 1.165) is 18.6 Å². The smallest absolute Gasteiger partial charge is 0.0237 e. The Bertz CT molecular complexity index is 431. The molecule has 0 aliphatic carbocycles. The Balaban J connectivity index is 1.68. The van der Waals surface area contributed by atoms with Gasteiger partial charge in [0, 0.05) is 36.2 Å². The minimum absolute atomic E-state index is 0.730. The molecule has 2 fully saturated rings. The van der Waals surface area contributed by atoms with E-state index in [2.05, 4.69) is 56.9 Å². The second-order valence-electron chi connectivity index (χ2n) is 6.26. The van der Waals surface area contributed by atoms with Gasteiger partial charge in [-0.1, -0.05) is 41.4 Å². The molecule has 1 aromatic rings. The first-order valence-electron chi connectivity index (χ1n) is 7.99. The van der Waals surface area contributed by atoms with E-state index < -0.39 is 0 Å². The average Bonchev–Trinajstić information content (AvgIpc) is 2.49. The van der Waals surface area contributed by atoms with Gasteiger partial charge in [-0.2, -0.15) is 0 Å². The molecule has 20 heavy (non-hydrogen) atoms. The molecule has 2 nitrogen and oxygen atoms in total. The van der Waals surface area contributed by atoms with Crippen LogP contribution < -0.4 is 0 Å². The highest BCUT2D eigenvalue weighted by atomic mass is 79.9. The lowest BCUT2D eigenvalue weighted by Crippen LogP contribution is -2.58. The minimum atomic E-state index is 0.730. The normalized spacial score (nSPS) is 28.3. The van der Waals surface area contributed by atoms with Crippen molar-refractivity contribution in [2.45, 2.75) is 51.2 Å². The van der Waals surface area contributed by atoms with Gasteiger partial charge in [-0.05, 0) is 43.5 Å². The number of piperazine rings is 1. The maximum absolute atomic E-state index is 3.52. The van der Waals surface area contributed by atoms with Crippen molar-refractivity contribution in [3.8, 4) is 0 Å². The zero-order valence-corrected chi connectivity index (χ0v) is 14.0. The standard InChI is InChI=1S/C17H25BrN2/c1-2-16-12-19-10-4-3-5-17(19)13-20(16)11-14-6-8-15(18)9-7-14/h6-9,16-17H,2-5,10-13H2,1H3. The van der Waals surface area contributed by atoms with Gasteiger partial charge in [0.1, 0.15) is 0 Å². The van der Waals surface area contributed by atoms with Crippen molar-refractivity contribution in [3.05, 3.63) is 34.3 Å². The van der Waals surface area contributed by atoms with Crippen LogP contribution in [0.5, 0.6) is 0 Å². The molecule has 3 heteroatoms. The van der Waals surface area contributed by atoms with Gasteiger partial charge in [0.15, 0.2) is 0 Å². The number of hydrogen-bond donors (Lipinski definition) is 0. The van der Waals surface area contributed by atoms with Crippen LogP contribution in [0.15, 0.2) is 28.7 Å². The maximum atomic E-state index is 3.52. The zero-order chi connectivity index (χ0) is 13.9. The second kappa shape index (κ2) is 6.59. The fourth-order valence-electron chi connectivity index (χ4n) is 3.72. The van der Waals surface area contributed by atoms with Crippen LogP contribution in [0.3, 0.4) is 0 Å². The summed E-state index contributed by atoms with van der Waals surface area (Å²) < 4.78 is 1.17. The van der Waals surface area contributed by atoms with Gasteiger partial charge in [0.2, 0.25) is 0 Å². The van der Waals surface area contributed by atoms with Crippen molar-refractivity contribution < 1.29 is 0 Å². The van der Waals surface area contributed by atoms with E-state index in [9.17, 15) is 0 Å². The van der Waals surface area contributed by atoms with Crippen molar-refractivity contribution in [2.24, 2.45) is 0 Å². The molecular weight excluding hydrogens is 312 g/mol. The third-order valence-corrected chi connectivity index (χ3v) is 5.45. The van der Waals surface area contributed by atoms with E-state index in [0.29, 0.717) is 0 Å². The molecule has 0 radical (unpaired) electrons. The quantitative estimate of drug-likeness (QED) is 0.825. The minimum Gasteiger partial charge on any atom is -0.298 e. The first-order valence-corrected chi connectivity index (χ1v) is 8.78. The number of nitrogens with zero attached hydrogens (tertiary/aromatic N) is 2. The summed E-state index contributed by atoms with van der Waals surface area (Å²) in [5.41, 5.74) is 1.44. The van der Waals surface area contributed by atoms with E-state index in [1.165, 1.54) is 55.4 Å². The molecule has 110 valence electrons. The summed E-state index contributed by atoms with van der Waals surface area (Å²) in [5, 5.41) is 0. The van der Waals surface area contributed by atoms with E-state index >= 15 is 0 Å². The van der Waals surface area contributed by atoms with Crippen LogP contribution in [0.25, 0.3) is 0 Å². The Hall–Kier alpha value is -0.380. The SMILES string of the molecule is CCC1CN2CCCCC2CN1Cc1ccc(Br)cc1. The summed E-state index contributed by atoms with van der Waals surface area (Å²) in [6, 6.07) is 10.4. The summed E-state index contributed by atoms with van der Waals surface area (Å²) in [5.74, 6) is 0. The van der Waals surface area contributed by atoms with Crippen molar-refractivity contribution in [1.82, 2.24) is 9.80 Å². The first kappa shape index (κ1) is 14.6. The molecule has 1 aromatic carbocycles. The molecule has 0 aromatic heterocycles. The molecular formula is C17H25BrN2. The number of rotatable bonds is 3. The summed E-state index contributed by atoms with van der Waals surface area (Å²) >= 11 is 3.52. The van der Waals surface area contributed by atoms with E-state index in [1.807, 2.05) is 0 Å². The van der Waals surface area contributed by atoms with Gasteiger partial charge in [-0.25, -0.2) is 0 Å². The van der Waals surface area contributed by atoms with Crippen LogP contribution in [0.1, 0.15) is 38.2 Å². The maximum Gasteiger partial charge on any atom is 0.0237 e. The number of benzene rings is 1. The molecule has 2 aliphatic rings. The predicted molar refractivity (Wildman–Crippen MR) is 87.8 cm³/mol. The molecule has 3 rings (SSSR count). The summed E-state index contributed by atoms with van der Waals surface area (Å²) in [6.07, 6.45) is 5.48. The molecule has 0 N–H and O–H groups in total. The number of fused-ring (bicyclic) bond motifs is 1. The monoisotopic (exact) mass is 336 g/mol. The topological polar surface area (TPSA) is 6.48 Å². The Morgan fingerprint density at radius 1 is 1.15 bits per heavy atom. The van der Waals surface area contributed by atoms with Gasteiger partial charge >= 0.3 is 0 Å². The lowest BCUT2D eigenvalue weighted by molar-refractivity contribution is 0.00327. The third kappa shape index (κ3) is 3.26. The first-order chi connectivity index (χ1) is 9.76. The van der Waals surface area contributed by atoms with Crippen LogP contribution in [0.4, 0.5) is 0 Å². The van der Waals surface area contributed by atoms with Gasteiger partial charge in [-0.3, -0.25) is 9.80 Å². The lowest BCUT2D eigenvalue weighted by Gasteiger charge is -2.48. The summed E-state index contributed by atoms with van der Waals surface area (Å²) in [7, 11) is 0. The molecule has 0 amide bonds. The largest absolute Gasteiger partial charge is 0.298 e. The lowest BCUT2D eigenvalue weighted by atomic mass is 9.95. The number of hydrogen-bond acceptors (Lipinski definition) is 2. The van der Waals surface area contributed by atoms with Crippen molar-refractivity contribution in [2.75, 3.05) is 19.6 Å². The molecule has 0 saturated carbocycles. The second-order valence-corrected chi connectivity index (χ2v) is 7.18. The van der Waals surface area contributed by atoms with Crippen LogP contribution in [-0.4, -0.2) is 41.5 Å². The third-order valence-electron chi connectivity index (χ3n) is 4.93.